The van der Waals surface area contributed by atoms with Crippen LogP contribution in [0.4, 0.5) is 0 Å². The third kappa shape index (κ3) is 6.76. The molecule has 0 aromatic rings. The van der Waals surface area contributed by atoms with Gasteiger partial charge in [-0.25, -0.2) is 0 Å². The first-order valence-electron chi connectivity index (χ1n) is 8.27. The van der Waals surface area contributed by atoms with Crippen LogP contribution >= 0.6 is 0 Å². The zero-order chi connectivity index (χ0) is 14.1. The van der Waals surface area contributed by atoms with Crippen molar-refractivity contribution in [1.82, 2.24) is 0 Å². The Morgan fingerprint density at radius 1 is 1.32 bits per heavy atom. The second kappa shape index (κ2) is 9.77. The number of ether oxygens (including phenoxy) is 2. The molecule has 1 unspecified atom stereocenters. The molecule has 1 heterocycles. The van der Waals surface area contributed by atoms with E-state index in [0.29, 0.717) is 12.0 Å². The summed E-state index contributed by atoms with van der Waals surface area (Å²) >= 11 is 0. The van der Waals surface area contributed by atoms with Gasteiger partial charge in [0.2, 0.25) is 0 Å². The molecule has 1 aliphatic rings. The lowest BCUT2D eigenvalue weighted by atomic mass is 9.85. The molecule has 0 spiro atoms. The lowest BCUT2D eigenvalue weighted by molar-refractivity contribution is 0.0201. The largest absolute Gasteiger partial charge is 0.381 e. The van der Waals surface area contributed by atoms with E-state index in [1.807, 2.05) is 7.11 Å². The molecular formula is C17H34O2. The first-order valence-corrected chi connectivity index (χ1v) is 8.27. The predicted molar refractivity (Wildman–Crippen MR) is 81.4 cm³/mol. The Bertz CT molecular complexity index is 211. The van der Waals surface area contributed by atoms with Gasteiger partial charge in [0, 0.05) is 20.3 Å². The van der Waals surface area contributed by atoms with Crippen LogP contribution in [0.25, 0.3) is 0 Å². The maximum absolute atomic E-state index is 5.74. The lowest BCUT2D eigenvalue weighted by Gasteiger charge is -2.29. The number of unbranched alkanes of at least 4 members (excludes halogenated alkanes) is 1. The van der Waals surface area contributed by atoms with Crippen molar-refractivity contribution in [3.05, 3.63) is 0 Å². The number of hydrogen-bond acceptors (Lipinski definition) is 2. The topological polar surface area (TPSA) is 18.5 Å². The highest BCUT2D eigenvalue weighted by atomic mass is 16.5. The van der Waals surface area contributed by atoms with E-state index >= 15 is 0 Å². The molecule has 1 saturated heterocycles. The summed E-state index contributed by atoms with van der Waals surface area (Å²) in [5.41, 5.74) is 0. The molecule has 0 radical (unpaired) electrons. The number of methoxy groups -OCH3 is 1. The Kier molecular flexibility index (Phi) is 8.72. The molecule has 0 aromatic carbocycles. The quantitative estimate of drug-likeness (QED) is 0.606. The fourth-order valence-corrected chi connectivity index (χ4v) is 3.33. The predicted octanol–water partition coefficient (Wildman–Crippen LogP) is 4.67. The highest BCUT2D eigenvalue weighted by Gasteiger charge is 2.22. The average Bonchev–Trinajstić information content (AvgIpc) is 2.43. The van der Waals surface area contributed by atoms with Gasteiger partial charge in [-0.3, -0.25) is 0 Å². The van der Waals surface area contributed by atoms with Crippen molar-refractivity contribution in [2.45, 2.75) is 71.8 Å². The van der Waals surface area contributed by atoms with Crippen LogP contribution in [0.15, 0.2) is 0 Å². The summed E-state index contributed by atoms with van der Waals surface area (Å²) in [6, 6.07) is 0. The van der Waals surface area contributed by atoms with Crippen molar-refractivity contribution in [2.75, 3.05) is 20.3 Å². The standard InChI is InChI=1S/C17H34O2/c1-5-6-8-15(3)17(18-4)12-14(2)11-16-9-7-10-19-13-16/h14-17H,5-13H2,1-4H3/t14-,15-,16?,17-/m0/s1. The molecule has 19 heavy (non-hydrogen) atoms. The molecule has 0 N–H and O–H groups in total. The molecule has 4 atom stereocenters. The molecule has 1 aliphatic heterocycles. The highest BCUT2D eigenvalue weighted by molar-refractivity contribution is 4.73. The molecule has 114 valence electrons. The fraction of sp³-hybridized carbons (Fsp3) is 1.00. The second-order valence-electron chi connectivity index (χ2n) is 6.55. The first-order chi connectivity index (χ1) is 9.17. The zero-order valence-electron chi connectivity index (χ0n) is 13.5. The summed E-state index contributed by atoms with van der Waals surface area (Å²) in [6.45, 7) is 8.95. The van der Waals surface area contributed by atoms with Crippen LogP contribution in [0.2, 0.25) is 0 Å². The number of rotatable bonds is 9. The highest BCUT2D eigenvalue weighted by Crippen LogP contribution is 2.27. The molecule has 0 amide bonds. The minimum absolute atomic E-state index is 0.436. The summed E-state index contributed by atoms with van der Waals surface area (Å²) in [7, 11) is 1.88. The number of hydrogen-bond donors (Lipinski definition) is 0. The molecule has 0 saturated carbocycles. The van der Waals surface area contributed by atoms with Crippen molar-refractivity contribution in [2.24, 2.45) is 17.8 Å². The second-order valence-corrected chi connectivity index (χ2v) is 6.55. The van der Waals surface area contributed by atoms with E-state index in [1.165, 1.54) is 44.9 Å². The van der Waals surface area contributed by atoms with E-state index in [0.717, 1.165) is 25.0 Å². The monoisotopic (exact) mass is 270 g/mol. The van der Waals surface area contributed by atoms with Gasteiger partial charge in [-0.2, -0.15) is 0 Å². The third-order valence-electron chi connectivity index (χ3n) is 4.58. The van der Waals surface area contributed by atoms with Crippen LogP contribution in [0.1, 0.15) is 65.7 Å². The van der Waals surface area contributed by atoms with Gasteiger partial charge < -0.3 is 9.47 Å². The van der Waals surface area contributed by atoms with Gasteiger partial charge in [-0.15, -0.1) is 0 Å². The Morgan fingerprint density at radius 2 is 2.11 bits per heavy atom. The van der Waals surface area contributed by atoms with E-state index < -0.39 is 0 Å². The summed E-state index contributed by atoms with van der Waals surface area (Å²) in [6.07, 6.45) is 9.46. The smallest absolute Gasteiger partial charge is 0.0599 e. The van der Waals surface area contributed by atoms with Crippen LogP contribution in [0, 0.1) is 17.8 Å². The lowest BCUT2D eigenvalue weighted by Crippen LogP contribution is -2.25. The van der Waals surface area contributed by atoms with Crippen molar-refractivity contribution < 1.29 is 9.47 Å². The van der Waals surface area contributed by atoms with Gasteiger partial charge in [0.15, 0.2) is 0 Å². The molecular weight excluding hydrogens is 236 g/mol. The van der Waals surface area contributed by atoms with E-state index in [9.17, 15) is 0 Å². The van der Waals surface area contributed by atoms with Gasteiger partial charge in [0.25, 0.3) is 0 Å². The Morgan fingerprint density at radius 3 is 2.68 bits per heavy atom. The summed E-state index contributed by atoms with van der Waals surface area (Å²) in [5, 5.41) is 0. The van der Waals surface area contributed by atoms with Gasteiger partial charge >= 0.3 is 0 Å². The average molecular weight is 270 g/mol. The van der Waals surface area contributed by atoms with Gasteiger partial charge in [-0.05, 0) is 49.9 Å². The van der Waals surface area contributed by atoms with Crippen molar-refractivity contribution >= 4 is 0 Å². The normalized spacial score (nSPS) is 24.9. The molecule has 2 heteroatoms. The summed E-state index contributed by atoms with van der Waals surface area (Å²) < 4.78 is 11.3. The van der Waals surface area contributed by atoms with Gasteiger partial charge in [0.1, 0.15) is 0 Å². The maximum Gasteiger partial charge on any atom is 0.0599 e. The van der Waals surface area contributed by atoms with Gasteiger partial charge in [-0.1, -0.05) is 33.6 Å². The van der Waals surface area contributed by atoms with E-state index in [2.05, 4.69) is 20.8 Å². The summed E-state index contributed by atoms with van der Waals surface area (Å²) in [4.78, 5) is 0. The van der Waals surface area contributed by atoms with Crippen molar-refractivity contribution in [3.63, 3.8) is 0 Å². The third-order valence-corrected chi connectivity index (χ3v) is 4.58. The Labute approximate surface area is 120 Å². The first kappa shape index (κ1) is 17.0. The van der Waals surface area contributed by atoms with Crippen LogP contribution in [-0.4, -0.2) is 26.4 Å². The maximum atomic E-state index is 5.74. The van der Waals surface area contributed by atoms with E-state index in [-0.39, 0.29) is 0 Å². The zero-order valence-corrected chi connectivity index (χ0v) is 13.5. The van der Waals surface area contributed by atoms with Crippen molar-refractivity contribution in [3.8, 4) is 0 Å². The molecule has 0 aliphatic carbocycles. The minimum Gasteiger partial charge on any atom is -0.381 e. The molecule has 2 nitrogen and oxygen atoms in total. The minimum atomic E-state index is 0.436. The van der Waals surface area contributed by atoms with Crippen LogP contribution < -0.4 is 0 Å². The van der Waals surface area contributed by atoms with Crippen LogP contribution in [-0.2, 0) is 9.47 Å². The molecule has 0 bridgehead atoms. The summed E-state index contributed by atoms with van der Waals surface area (Å²) in [5.74, 6) is 2.22. The van der Waals surface area contributed by atoms with Crippen molar-refractivity contribution in [1.29, 1.82) is 0 Å². The molecule has 1 rings (SSSR count). The van der Waals surface area contributed by atoms with E-state index in [1.54, 1.807) is 0 Å². The Hall–Kier alpha value is -0.0800. The Balaban J connectivity index is 2.28. The van der Waals surface area contributed by atoms with E-state index in [4.69, 9.17) is 9.47 Å². The van der Waals surface area contributed by atoms with Crippen LogP contribution in [0.3, 0.4) is 0 Å². The fourth-order valence-electron chi connectivity index (χ4n) is 3.33. The molecule has 1 fully saturated rings. The van der Waals surface area contributed by atoms with Crippen LogP contribution in [0.5, 0.6) is 0 Å². The SMILES string of the molecule is CCCC[C@H](C)[C@H](C[C@@H](C)CC1CCCOC1)OC. The molecule has 0 aromatic heterocycles. The van der Waals surface area contributed by atoms with Gasteiger partial charge in [0.05, 0.1) is 6.10 Å².